The fraction of sp³-hybridized carbons (Fsp3) is 0.385. The van der Waals surface area contributed by atoms with Gasteiger partial charge in [-0.15, -0.1) is 0 Å². The molecule has 2 rings (SSSR count). The van der Waals surface area contributed by atoms with Crippen molar-refractivity contribution in [3.05, 3.63) is 29.3 Å². The van der Waals surface area contributed by atoms with E-state index in [2.05, 4.69) is 0 Å². The number of phenols is 1. The number of carbonyl (C=O) groups excluding carboxylic acids is 1. The van der Waals surface area contributed by atoms with Crippen molar-refractivity contribution in [3.63, 3.8) is 0 Å². The van der Waals surface area contributed by atoms with Crippen LogP contribution in [0, 0.1) is 17.0 Å². The molecule has 0 spiro atoms. The Morgan fingerprint density at radius 3 is 2.30 bits per heavy atom. The van der Waals surface area contributed by atoms with Crippen LogP contribution in [0.2, 0.25) is 0 Å². The van der Waals surface area contributed by atoms with E-state index in [4.69, 9.17) is 10.2 Å². The van der Waals surface area contributed by atoms with E-state index in [-0.39, 0.29) is 25.1 Å². The molecule has 1 saturated heterocycles. The SMILES string of the molecule is CC1(C(=O)O)CCN(C(=O)c2cc(F)c(O)c(F)c2)C1. The molecule has 1 aliphatic rings. The van der Waals surface area contributed by atoms with Gasteiger partial charge >= 0.3 is 5.97 Å². The van der Waals surface area contributed by atoms with E-state index < -0.39 is 34.7 Å². The summed E-state index contributed by atoms with van der Waals surface area (Å²) in [5, 5.41) is 18.1. The molecule has 1 aromatic rings. The smallest absolute Gasteiger partial charge is 0.311 e. The molecular weight excluding hydrogens is 272 g/mol. The van der Waals surface area contributed by atoms with Crippen LogP contribution in [0.5, 0.6) is 5.75 Å². The number of nitrogens with zero attached hydrogens (tertiary/aromatic N) is 1. The monoisotopic (exact) mass is 285 g/mol. The number of likely N-dealkylation sites (tertiary alicyclic amines) is 1. The molecule has 2 N–H and O–H groups in total. The summed E-state index contributed by atoms with van der Waals surface area (Å²) in [6.07, 6.45) is 0.275. The van der Waals surface area contributed by atoms with Crippen molar-refractivity contribution in [2.45, 2.75) is 13.3 Å². The highest BCUT2D eigenvalue weighted by atomic mass is 19.1. The lowest BCUT2D eigenvalue weighted by Crippen LogP contribution is -2.34. The van der Waals surface area contributed by atoms with E-state index in [0.29, 0.717) is 0 Å². The molecular formula is C13H13F2NO4. The Morgan fingerprint density at radius 2 is 1.85 bits per heavy atom. The van der Waals surface area contributed by atoms with Crippen molar-refractivity contribution >= 4 is 11.9 Å². The van der Waals surface area contributed by atoms with Gasteiger partial charge in [-0.1, -0.05) is 0 Å². The minimum Gasteiger partial charge on any atom is -0.503 e. The number of amides is 1. The number of aromatic hydroxyl groups is 1. The number of carboxylic acids is 1. The Labute approximate surface area is 113 Å². The molecule has 1 heterocycles. The first-order valence-corrected chi connectivity index (χ1v) is 5.95. The molecule has 0 bridgehead atoms. The summed E-state index contributed by atoms with van der Waals surface area (Å²) in [6, 6.07) is 1.47. The van der Waals surface area contributed by atoms with Gasteiger partial charge in [0.15, 0.2) is 17.4 Å². The van der Waals surface area contributed by atoms with E-state index in [1.807, 2.05) is 0 Å². The number of rotatable bonds is 2. The van der Waals surface area contributed by atoms with E-state index in [1.165, 1.54) is 11.8 Å². The highest BCUT2D eigenvalue weighted by Gasteiger charge is 2.42. The first kappa shape index (κ1) is 14.2. The zero-order chi connectivity index (χ0) is 15.1. The average Bonchev–Trinajstić information content (AvgIpc) is 2.78. The highest BCUT2D eigenvalue weighted by Crippen LogP contribution is 2.31. The van der Waals surface area contributed by atoms with Gasteiger partial charge in [0.05, 0.1) is 5.41 Å². The van der Waals surface area contributed by atoms with Crippen molar-refractivity contribution in [2.75, 3.05) is 13.1 Å². The molecule has 7 heteroatoms. The molecule has 1 aliphatic heterocycles. The van der Waals surface area contributed by atoms with Crippen LogP contribution in [0.1, 0.15) is 23.7 Å². The van der Waals surface area contributed by atoms with Gasteiger partial charge in [0.2, 0.25) is 0 Å². The normalized spacial score (nSPS) is 22.1. The zero-order valence-electron chi connectivity index (χ0n) is 10.7. The minimum atomic E-state index is -1.23. The molecule has 0 aromatic heterocycles. The molecule has 1 fully saturated rings. The predicted octanol–water partition coefficient (Wildman–Crippen LogP) is 1.61. The van der Waals surface area contributed by atoms with Gasteiger partial charge in [-0.3, -0.25) is 9.59 Å². The van der Waals surface area contributed by atoms with Crippen LogP contribution in [0.4, 0.5) is 8.78 Å². The molecule has 0 saturated carbocycles. The van der Waals surface area contributed by atoms with E-state index in [9.17, 15) is 18.4 Å². The van der Waals surface area contributed by atoms with Gasteiger partial charge in [-0.05, 0) is 25.5 Å². The number of hydrogen-bond acceptors (Lipinski definition) is 3. The van der Waals surface area contributed by atoms with Crippen LogP contribution in [0.25, 0.3) is 0 Å². The molecule has 5 nitrogen and oxygen atoms in total. The Kier molecular flexibility index (Phi) is 3.37. The molecule has 1 unspecified atom stereocenters. The second-order valence-corrected chi connectivity index (χ2v) is 5.13. The lowest BCUT2D eigenvalue weighted by Gasteiger charge is -2.20. The maximum Gasteiger partial charge on any atom is 0.311 e. The first-order valence-electron chi connectivity index (χ1n) is 5.95. The lowest BCUT2D eigenvalue weighted by molar-refractivity contribution is -0.147. The maximum atomic E-state index is 13.2. The second-order valence-electron chi connectivity index (χ2n) is 5.13. The van der Waals surface area contributed by atoms with E-state index in [0.717, 1.165) is 12.1 Å². The topological polar surface area (TPSA) is 77.8 Å². The lowest BCUT2D eigenvalue weighted by atomic mass is 9.90. The third kappa shape index (κ3) is 2.31. The standard InChI is InChI=1S/C13H13F2NO4/c1-13(12(19)20)2-3-16(6-13)11(18)7-4-8(14)10(17)9(15)5-7/h4-5,17H,2-3,6H2,1H3,(H,19,20). The molecule has 108 valence electrons. The fourth-order valence-electron chi connectivity index (χ4n) is 2.18. The number of carbonyl (C=O) groups is 2. The Morgan fingerprint density at radius 1 is 1.30 bits per heavy atom. The molecule has 0 radical (unpaired) electrons. The Hall–Kier alpha value is -2.18. The molecule has 1 atom stereocenters. The number of carboxylic acid groups (broad SMARTS) is 1. The highest BCUT2D eigenvalue weighted by molar-refractivity contribution is 5.95. The molecule has 0 aliphatic carbocycles. The van der Waals surface area contributed by atoms with Crippen molar-refractivity contribution in [2.24, 2.45) is 5.41 Å². The number of halogens is 2. The van der Waals surface area contributed by atoms with Gasteiger partial charge in [0, 0.05) is 18.7 Å². The third-order valence-electron chi connectivity index (χ3n) is 3.54. The quantitative estimate of drug-likeness (QED) is 0.865. The zero-order valence-corrected chi connectivity index (χ0v) is 10.7. The van der Waals surface area contributed by atoms with E-state index in [1.54, 1.807) is 0 Å². The Balaban J connectivity index is 2.24. The van der Waals surface area contributed by atoms with Crippen molar-refractivity contribution < 1.29 is 28.6 Å². The van der Waals surface area contributed by atoms with Crippen molar-refractivity contribution in [1.29, 1.82) is 0 Å². The number of phenolic OH excluding ortho intramolecular Hbond substituents is 1. The average molecular weight is 285 g/mol. The number of benzene rings is 1. The van der Waals surface area contributed by atoms with Gasteiger partial charge in [-0.2, -0.15) is 0 Å². The van der Waals surface area contributed by atoms with Crippen LogP contribution in [-0.2, 0) is 4.79 Å². The first-order chi connectivity index (χ1) is 9.24. The largest absolute Gasteiger partial charge is 0.503 e. The molecule has 1 aromatic carbocycles. The summed E-state index contributed by atoms with van der Waals surface area (Å²) in [5.74, 6) is -5.27. The number of aliphatic carboxylic acids is 1. The summed E-state index contributed by atoms with van der Waals surface area (Å²) in [4.78, 5) is 24.4. The van der Waals surface area contributed by atoms with Crippen LogP contribution in [0.3, 0.4) is 0 Å². The summed E-state index contributed by atoms with van der Waals surface area (Å²) >= 11 is 0. The second kappa shape index (κ2) is 4.73. The number of hydrogen-bond donors (Lipinski definition) is 2. The fourth-order valence-corrected chi connectivity index (χ4v) is 2.18. The molecule has 20 heavy (non-hydrogen) atoms. The summed E-state index contributed by atoms with van der Waals surface area (Å²) in [7, 11) is 0. The van der Waals surface area contributed by atoms with Crippen LogP contribution >= 0.6 is 0 Å². The van der Waals surface area contributed by atoms with E-state index >= 15 is 0 Å². The van der Waals surface area contributed by atoms with Gasteiger partial charge in [0.25, 0.3) is 5.91 Å². The van der Waals surface area contributed by atoms with Crippen LogP contribution < -0.4 is 0 Å². The Bertz CT molecular complexity index is 567. The van der Waals surface area contributed by atoms with Gasteiger partial charge in [-0.25, -0.2) is 8.78 Å². The maximum absolute atomic E-state index is 13.2. The van der Waals surface area contributed by atoms with Crippen LogP contribution in [-0.4, -0.2) is 40.1 Å². The van der Waals surface area contributed by atoms with Crippen molar-refractivity contribution in [1.82, 2.24) is 4.90 Å². The summed E-state index contributed by atoms with van der Waals surface area (Å²) in [5.41, 5.74) is -1.31. The van der Waals surface area contributed by atoms with Crippen molar-refractivity contribution in [3.8, 4) is 5.75 Å². The van der Waals surface area contributed by atoms with Gasteiger partial charge in [0.1, 0.15) is 0 Å². The predicted molar refractivity (Wildman–Crippen MR) is 64.3 cm³/mol. The summed E-state index contributed by atoms with van der Waals surface area (Å²) in [6.45, 7) is 1.69. The minimum absolute atomic E-state index is 0.0225. The molecule has 1 amide bonds. The van der Waals surface area contributed by atoms with Crippen LogP contribution in [0.15, 0.2) is 12.1 Å². The third-order valence-corrected chi connectivity index (χ3v) is 3.54. The van der Waals surface area contributed by atoms with Gasteiger partial charge < -0.3 is 15.1 Å². The summed E-state index contributed by atoms with van der Waals surface area (Å²) < 4.78 is 26.4.